The Bertz CT molecular complexity index is 816. The summed E-state index contributed by atoms with van der Waals surface area (Å²) in [4.78, 5) is 23.8. The Kier molecular flexibility index (Phi) is 7.88. The van der Waals surface area contributed by atoms with Crippen LogP contribution in [0.1, 0.15) is 13.8 Å². The molecule has 0 fully saturated rings. The number of carbonyl (C=O) groups excluding carboxylic acids is 2. The van der Waals surface area contributed by atoms with E-state index in [0.29, 0.717) is 18.1 Å². The molecule has 0 heterocycles. The van der Waals surface area contributed by atoms with Crippen molar-refractivity contribution in [2.75, 3.05) is 13.2 Å². The summed E-state index contributed by atoms with van der Waals surface area (Å²) in [6.45, 7) is 3.55. The van der Waals surface area contributed by atoms with E-state index in [0.717, 1.165) is 12.1 Å². The van der Waals surface area contributed by atoms with Gasteiger partial charge in [-0.3, -0.25) is 20.4 Å². The van der Waals surface area contributed by atoms with E-state index < -0.39 is 30.3 Å². The highest BCUT2D eigenvalue weighted by Gasteiger charge is 2.16. The lowest BCUT2D eigenvalue weighted by atomic mass is 10.3. The Balaban J connectivity index is 1.74. The zero-order valence-corrected chi connectivity index (χ0v) is 16.1. The zero-order chi connectivity index (χ0) is 20.5. The summed E-state index contributed by atoms with van der Waals surface area (Å²) in [5.74, 6) is -0.372. The second kappa shape index (κ2) is 10.4. The minimum absolute atomic E-state index is 0.0363. The lowest BCUT2D eigenvalue weighted by Gasteiger charge is -2.15. The van der Waals surface area contributed by atoms with Crippen molar-refractivity contribution in [2.45, 2.75) is 20.0 Å². The lowest BCUT2D eigenvalue weighted by Crippen LogP contribution is -2.48. The molecule has 9 heteroatoms. The Morgan fingerprint density at radius 2 is 1.75 bits per heavy atom. The third-order valence-corrected chi connectivity index (χ3v) is 3.69. The average molecular weight is 411 g/mol. The monoisotopic (exact) mass is 410 g/mol. The fourth-order valence-electron chi connectivity index (χ4n) is 2.04. The van der Waals surface area contributed by atoms with Crippen LogP contribution in [0.25, 0.3) is 0 Å². The summed E-state index contributed by atoms with van der Waals surface area (Å²) >= 11 is 5.80. The van der Waals surface area contributed by atoms with Crippen LogP contribution in [-0.4, -0.2) is 31.1 Å². The Labute approximate surface area is 166 Å². The van der Waals surface area contributed by atoms with E-state index >= 15 is 0 Å². The molecule has 0 unspecified atom stereocenters. The van der Waals surface area contributed by atoms with E-state index in [1.54, 1.807) is 24.3 Å². The van der Waals surface area contributed by atoms with Gasteiger partial charge in [-0.2, -0.15) is 0 Å². The van der Waals surface area contributed by atoms with E-state index in [1.165, 1.54) is 13.0 Å². The van der Waals surface area contributed by atoms with Crippen LogP contribution in [0.3, 0.4) is 0 Å². The van der Waals surface area contributed by atoms with Gasteiger partial charge in [0.05, 0.1) is 11.6 Å². The van der Waals surface area contributed by atoms with Gasteiger partial charge in [0, 0.05) is 0 Å². The maximum Gasteiger partial charge on any atom is 0.279 e. The molecule has 0 saturated heterocycles. The van der Waals surface area contributed by atoms with Gasteiger partial charge in [-0.1, -0.05) is 11.6 Å². The van der Waals surface area contributed by atoms with Gasteiger partial charge in [0.15, 0.2) is 12.7 Å². The number of carbonyl (C=O) groups is 2. The van der Waals surface area contributed by atoms with Gasteiger partial charge in [-0.25, -0.2) is 4.39 Å². The van der Waals surface area contributed by atoms with Crippen molar-refractivity contribution in [1.29, 1.82) is 0 Å². The van der Waals surface area contributed by atoms with E-state index in [-0.39, 0.29) is 10.8 Å². The molecule has 0 spiro atoms. The Morgan fingerprint density at radius 3 is 2.39 bits per heavy atom. The minimum atomic E-state index is -0.856. The highest BCUT2D eigenvalue weighted by Crippen LogP contribution is 2.24. The number of amides is 2. The second-order valence-electron chi connectivity index (χ2n) is 5.57. The fourth-order valence-corrected chi connectivity index (χ4v) is 2.27. The third-order valence-electron chi connectivity index (χ3n) is 3.39. The molecule has 2 aromatic rings. The van der Waals surface area contributed by atoms with Crippen molar-refractivity contribution in [3.05, 3.63) is 53.3 Å². The molecule has 0 saturated carbocycles. The maximum absolute atomic E-state index is 13.0. The van der Waals surface area contributed by atoms with Crippen LogP contribution in [0.4, 0.5) is 4.39 Å². The number of nitrogens with one attached hydrogen (secondary N) is 2. The molecular formula is C19H20ClFN2O5. The minimum Gasteiger partial charge on any atom is -0.494 e. The van der Waals surface area contributed by atoms with Crippen molar-refractivity contribution in [1.82, 2.24) is 10.9 Å². The fraction of sp³-hybridized carbons (Fsp3) is 0.263. The molecular weight excluding hydrogens is 391 g/mol. The van der Waals surface area contributed by atoms with Crippen molar-refractivity contribution >= 4 is 23.4 Å². The predicted molar refractivity (Wildman–Crippen MR) is 101 cm³/mol. The Morgan fingerprint density at radius 1 is 1.07 bits per heavy atom. The normalized spacial score (nSPS) is 11.3. The number of halogens is 2. The second-order valence-corrected chi connectivity index (χ2v) is 5.97. The Hall–Kier alpha value is -3.00. The molecule has 7 nitrogen and oxygen atoms in total. The molecule has 2 aromatic carbocycles. The first-order valence-electron chi connectivity index (χ1n) is 8.45. The van der Waals surface area contributed by atoms with Crippen LogP contribution in [-0.2, 0) is 9.59 Å². The average Bonchev–Trinajstić information content (AvgIpc) is 2.67. The number of benzene rings is 2. The van der Waals surface area contributed by atoms with Gasteiger partial charge in [-0.15, -0.1) is 0 Å². The zero-order valence-electron chi connectivity index (χ0n) is 15.3. The first-order chi connectivity index (χ1) is 13.4. The number of ether oxygens (including phenoxy) is 3. The first-order valence-corrected chi connectivity index (χ1v) is 8.83. The lowest BCUT2D eigenvalue weighted by molar-refractivity contribution is -0.133. The van der Waals surface area contributed by atoms with E-state index in [1.807, 2.05) is 6.92 Å². The van der Waals surface area contributed by atoms with Gasteiger partial charge < -0.3 is 14.2 Å². The van der Waals surface area contributed by atoms with Crippen LogP contribution in [0.5, 0.6) is 17.2 Å². The van der Waals surface area contributed by atoms with Crippen molar-refractivity contribution < 1.29 is 28.2 Å². The van der Waals surface area contributed by atoms with Gasteiger partial charge in [0.25, 0.3) is 11.8 Å². The predicted octanol–water partition coefficient (Wildman–Crippen LogP) is 2.87. The molecule has 150 valence electrons. The molecule has 28 heavy (non-hydrogen) atoms. The highest BCUT2D eigenvalue weighted by atomic mass is 35.5. The van der Waals surface area contributed by atoms with E-state index in [2.05, 4.69) is 10.9 Å². The molecule has 2 amide bonds. The van der Waals surface area contributed by atoms with Crippen molar-refractivity contribution in [2.24, 2.45) is 0 Å². The maximum atomic E-state index is 13.0. The quantitative estimate of drug-likeness (QED) is 0.653. The van der Waals surface area contributed by atoms with Crippen molar-refractivity contribution in [3.63, 3.8) is 0 Å². The molecule has 2 N–H and O–H groups in total. The standard InChI is InChI=1S/C19H20ClFN2O5/c1-3-26-14-5-7-15(8-6-14)28-12(2)19(25)23-22-18(24)11-27-17-9-4-13(21)10-16(17)20/h4-10,12H,3,11H2,1-2H3,(H,22,24)(H,23,25)/t12-/m0/s1. The third kappa shape index (κ3) is 6.62. The summed E-state index contributed by atoms with van der Waals surface area (Å²) in [5, 5.41) is 0.0363. The highest BCUT2D eigenvalue weighted by molar-refractivity contribution is 6.32. The van der Waals surface area contributed by atoms with Crippen LogP contribution in [0.2, 0.25) is 5.02 Å². The van der Waals surface area contributed by atoms with Gasteiger partial charge in [0.2, 0.25) is 0 Å². The van der Waals surface area contributed by atoms with Crippen LogP contribution >= 0.6 is 11.6 Å². The number of hydrogen-bond acceptors (Lipinski definition) is 5. The molecule has 0 bridgehead atoms. The van der Waals surface area contributed by atoms with Gasteiger partial charge in [-0.05, 0) is 56.3 Å². The van der Waals surface area contributed by atoms with Gasteiger partial charge in [0.1, 0.15) is 23.1 Å². The van der Waals surface area contributed by atoms with Crippen LogP contribution in [0.15, 0.2) is 42.5 Å². The summed E-state index contributed by atoms with van der Waals surface area (Å²) in [6, 6.07) is 10.3. The summed E-state index contributed by atoms with van der Waals surface area (Å²) < 4.78 is 28.9. The van der Waals surface area contributed by atoms with Gasteiger partial charge >= 0.3 is 0 Å². The molecule has 2 rings (SSSR count). The van der Waals surface area contributed by atoms with Crippen LogP contribution in [0, 0.1) is 5.82 Å². The topological polar surface area (TPSA) is 85.9 Å². The number of hydrogen-bond donors (Lipinski definition) is 2. The largest absolute Gasteiger partial charge is 0.494 e. The number of hydrazine groups is 1. The first kappa shape index (κ1) is 21.3. The SMILES string of the molecule is CCOc1ccc(O[C@@H](C)C(=O)NNC(=O)COc2ccc(F)cc2Cl)cc1. The molecule has 0 radical (unpaired) electrons. The smallest absolute Gasteiger partial charge is 0.279 e. The summed E-state index contributed by atoms with van der Waals surface area (Å²) in [7, 11) is 0. The van der Waals surface area contributed by atoms with Crippen LogP contribution < -0.4 is 25.1 Å². The summed E-state index contributed by atoms with van der Waals surface area (Å²) in [5.41, 5.74) is 4.43. The van der Waals surface area contributed by atoms with E-state index in [4.69, 9.17) is 25.8 Å². The molecule has 0 aliphatic rings. The molecule has 0 aliphatic carbocycles. The van der Waals surface area contributed by atoms with Crippen molar-refractivity contribution in [3.8, 4) is 17.2 Å². The molecule has 0 aliphatic heterocycles. The number of rotatable bonds is 8. The van der Waals surface area contributed by atoms with E-state index in [9.17, 15) is 14.0 Å². The molecule has 1 atom stereocenters. The summed E-state index contributed by atoms with van der Waals surface area (Å²) in [6.07, 6.45) is -0.856. The molecule has 0 aromatic heterocycles.